The van der Waals surface area contributed by atoms with Crippen LogP contribution in [0.25, 0.3) is 6.08 Å². The maximum atomic E-state index is 10.7. The van der Waals surface area contributed by atoms with Gasteiger partial charge in [0.2, 0.25) is 5.88 Å². The predicted octanol–water partition coefficient (Wildman–Crippen LogP) is 4.48. The Kier molecular flexibility index (Phi) is 5.80. The van der Waals surface area contributed by atoms with Gasteiger partial charge in [-0.1, -0.05) is 28.1 Å². The average Bonchev–Trinajstić information content (AvgIpc) is 3.15. The molecule has 0 amide bonds. The van der Waals surface area contributed by atoms with Crippen LogP contribution in [-0.4, -0.2) is 32.7 Å². The Balaban J connectivity index is 1.86. The summed E-state index contributed by atoms with van der Waals surface area (Å²) in [6.45, 7) is 0.360. The summed E-state index contributed by atoms with van der Waals surface area (Å²) in [7, 11) is 0. The lowest BCUT2D eigenvalue weighted by molar-refractivity contribution is -0.137. The first-order valence-electron chi connectivity index (χ1n) is 7.69. The van der Waals surface area contributed by atoms with Crippen LogP contribution >= 0.6 is 39.5 Å². The van der Waals surface area contributed by atoms with Crippen LogP contribution in [0, 0.1) is 3.95 Å². The van der Waals surface area contributed by atoms with Crippen molar-refractivity contribution in [2.75, 3.05) is 0 Å². The summed E-state index contributed by atoms with van der Waals surface area (Å²) in [5.41, 5.74) is 2.41. The first kappa shape index (κ1) is 18.7. The molecule has 2 heterocycles. The number of halogens is 1. The SMILES string of the molecule is O=C(O)CCCn1c(O)c(/C=C2\C=NN=C2c2ccc(Br)cc2)sc1=S. The van der Waals surface area contributed by atoms with Crippen molar-refractivity contribution in [3.63, 3.8) is 0 Å². The molecule has 1 aliphatic heterocycles. The van der Waals surface area contributed by atoms with Gasteiger partial charge < -0.3 is 10.2 Å². The highest BCUT2D eigenvalue weighted by Crippen LogP contribution is 2.30. The van der Waals surface area contributed by atoms with Crippen molar-refractivity contribution in [3.8, 4) is 5.88 Å². The van der Waals surface area contributed by atoms with Crippen LogP contribution in [0.1, 0.15) is 23.3 Å². The summed E-state index contributed by atoms with van der Waals surface area (Å²) < 4.78 is 3.02. The van der Waals surface area contributed by atoms with Crippen LogP contribution < -0.4 is 0 Å². The van der Waals surface area contributed by atoms with Crippen LogP contribution in [0.4, 0.5) is 0 Å². The molecule has 0 fully saturated rings. The number of carboxylic acid groups (broad SMARTS) is 1. The number of aromatic hydroxyl groups is 1. The van der Waals surface area contributed by atoms with Gasteiger partial charge in [-0.25, -0.2) is 0 Å². The number of carboxylic acids is 1. The molecule has 0 bridgehead atoms. The fraction of sp³-hybridized carbons (Fsp3) is 0.176. The normalized spacial score (nSPS) is 14.8. The molecule has 1 aromatic heterocycles. The van der Waals surface area contributed by atoms with E-state index in [1.54, 1.807) is 16.9 Å². The van der Waals surface area contributed by atoms with Gasteiger partial charge in [-0.05, 0) is 36.8 Å². The van der Waals surface area contributed by atoms with Crippen molar-refractivity contribution in [3.05, 3.63) is 48.7 Å². The second-order valence-corrected chi connectivity index (χ2v) is 8.10. The van der Waals surface area contributed by atoms with E-state index in [0.717, 1.165) is 15.6 Å². The van der Waals surface area contributed by atoms with E-state index in [1.807, 2.05) is 24.3 Å². The minimum atomic E-state index is -0.869. The second-order valence-electron chi connectivity index (χ2n) is 5.50. The van der Waals surface area contributed by atoms with E-state index in [0.29, 0.717) is 27.5 Å². The minimum Gasteiger partial charge on any atom is -0.493 e. The summed E-state index contributed by atoms with van der Waals surface area (Å²) in [6.07, 6.45) is 3.85. The Morgan fingerprint density at radius 3 is 2.77 bits per heavy atom. The third-order valence-corrected chi connectivity index (χ3v) is 5.61. The molecule has 0 saturated carbocycles. The Labute approximate surface area is 167 Å². The van der Waals surface area contributed by atoms with Crippen LogP contribution in [-0.2, 0) is 11.3 Å². The number of benzene rings is 1. The van der Waals surface area contributed by atoms with Crippen molar-refractivity contribution in [1.82, 2.24) is 4.57 Å². The highest BCUT2D eigenvalue weighted by Gasteiger charge is 2.16. The molecule has 0 unspecified atom stereocenters. The quantitative estimate of drug-likeness (QED) is 0.633. The number of allylic oxidation sites excluding steroid dienone is 1. The minimum absolute atomic E-state index is 0.0283. The number of hydrogen-bond donors (Lipinski definition) is 2. The van der Waals surface area contributed by atoms with Gasteiger partial charge in [-0.3, -0.25) is 9.36 Å². The van der Waals surface area contributed by atoms with Gasteiger partial charge in [0.05, 0.1) is 11.1 Å². The van der Waals surface area contributed by atoms with Crippen molar-refractivity contribution < 1.29 is 15.0 Å². The summed E-state index contributed by atoms with van der Waals surface area (Å²) in [5, 5.41) is 27.3. The lowest BCUT2D eigenvalue weighted by Crippen LogP contribution is -2.02. The molecule has 0 atom stereocenters. The van der Waals surface area contributed by atoms with Crippen LogP contribution in [0.2, 0.25) is 0 Å². The molecule has 6 nitrogen and oxygen atoms in total. The lowest BCUT2D eigenvalue weighted by Gasteiger charge is -2.04. The van der Waals surface area contributed by atoms with E-state index < -0.39 is 5.97 Å². The fourth-order valence-electron chi connectivity index (χ4n) is 2.44. The molecule has 9 heteroatoms. The van der Waals surface area contributed by atoms with E-state index in [4.69, 9.17) is 17.3 Å². The number of aliphatic carboxylic acids is 1. The molecule has 0 aliphatic carbocycles. The Morgan fingerprint density at radius 1 is 1.35 bits per heavy atom. The second kappa shape index (κ2) is 8.07. The van der Waals surface area contributed by atoms with Gasteiger partial charge >= 0.3 is 5.97 Å². The van der Waals surface area contributed by atoms with Crippen molar-refractivity contribution in [2.24, 2.45) is 10.2 Å². The lowest BCUT2D eigenvalue weighted by atomic mass is 10.0. The van der Waals surface area contributed by atoms with Crippen LogP contribution in [0.5, 0.6) is 5.88 Å². The number of hydrogen-bond acceptors (Lipinski definition) is 6. The molecule has 3 rings (SSSR count). The smallest absolute Gasteiger partial charge is 0.303 e. The Morgan fingerprint density at radius 2 is 2.08 bits per heavy atom. The van der Waals surface area contributed by atoms with Gasteiger partial charge in [-0.15, -0.1) is 16.4 Å². The monoisotopic (exact) mass is 451 g/mol. The molecule has 0 saturated heterocycles. The third kappa shape index (κ3) is 4.17. The highest BCUT2D eigenvalue weighted by molar-refractivity contribution is 9.10. The first-order chi connectivity index (χ1) is 12.5. The largest absolute Gasteiger partial charge is 0.493 e. The zero-order valence-electron chi connectivity index (χ0n) is 13.4. The Bertz CT molecular complexity index is 988. The molecule has 2 N–H and O–H groups in total. The van der Waals surface area contributed by atoms with E-state index in [1.165, 1.54) is 11.3 Å². The fourth-order valence-corrected chi connectivity index (χ4v) is 4.02. The molecule has 26 heavy (non-hydrogen) atoms. The third-order valence-electron chi connectivity index (χ3n) is 3.70. The van der Waals surface area contributed by atoms with E-state index >= 15 is 0 Å². The summed E-state index contributed by atoms with van der Waals surface area (Å²) in [4.78, 5) is 11.2. The van der Waals surface area contributed by atoms with Gasteiger partial charge in [-0.2, -0.15) is 5.10 Å². The number of thiazole rings is 1. The maximum absolute atomic E-state index is 10.7. The van der Waals surface area contributed by atoms with E-state index in [2.05, 4.69) is 26.1 Å². The molecule has 1 aromatic carbocycles. The van der Waals surface area contributed by atoms with Gasteiger partial charge in [0.25, 0.3) is 0 Å². The molecule has 0 spiro atoms. The number of rotatable bonds is 6. The number of nitrogens with zero attached hydrogens (tertiary/aromatic N) is 3. The molecule has 0 radical (unpaired) electrons. The summed E-state index contributed by atoms with van der Waals surface area (Å²) in [5.74, 6) is -0.834. The van der Waals surface area contributed by atoms with Crippen molar-refractivity contribution >= 4 is 63.5 Å². The predicted molar refractivity (Wildman–Crippen MR) is 109 cm³/mol. The first-order valence-corrected chi connectivity index (χ1v) is 9.71. The molecule has 2 aromatic rings. The average molecular weight is 452 g/mol. The molecular weight excluding hydrogens is 438 g/mol. The highest BCUT2D eigenvalue weighted by atomic mass is 79.9. The maximum Gasteiger partial charge on any atom is 0.303 e. The van der Waals surface area contributed by atoms with Crippen molar-refractivity contribution in [1.29, 1.82) is 0 Å². The van der Waals surface area contributed by atoms with E-state index in [-0.39, 0.29) is 12.3 Å². The molecule has 1 aliphatic rings. The summed E-state index contributed by atoms with van der Waals surface area (Å²) in [6, 6.07) is 7.72. The van der Waals surface area contributed by atoms with Crippen molar-refractivity contribution in [2.45, 2.75) is 19.4 Å². The number of aromatic nitrogens is 1. The van der Waals surface area contributed by atoms with Crippen LogP contribution in [0.15, 0.2) is 44.5 Å². The van der Waals surface area contributed by atoms with E-state index in [9.17, 15) is 9.90 Å². The zero-order chi connectivity index (χ0) is 18.7. The molecule has 134 valence electrons. The summed E-state index contributed by atoms with van der Waals surface area (Å²) >= 11 is 9.96. The standard InChI is InChI=1S/C17H14BrN3O3S2/c18-12-5-3-10(4-6-12)15-11(9-19-20-15)8-13-16(24)21(17(25)26-13)7-1-2-14(22)23/h3-6,8-9,24H,1-2,7H2,(H,22,23)/b11-8+. The van der Waals surface area contributed by atoms with Gasteiger partial charge in [0.1, 0.15) is 5.71 Å². The van der Waals surface area contributed by atoms with Gasteiger partial charge in [0.15, 0.2) is 3.95 Å². The zero-order valence-corrected chi connectivity index (χ0v) is 16.6. The van der Waals surface area contributed by atoms with Crippen LogP contribution in [0.3, 0.4) is 0 Å². The number of carbonyl (C=O) groups is 1. The molecular formula is C17H14BrN3O3S2. The van der Waals surface area contributed by atoms with Gasteiger partial charge in [0, 0.05) is 28.6 Å². The topological polar surface area (TPSA) is 87.2 Å². The Hall–Kier alpha value is -2.10.